The van der Waals surface area contributed by atoms with Crippen molar-refractivity contribution in [2.45, 2.75) is 25.8 Å². The summed E-state index contributed by atoms with van der Waals surface area (Å²) in [6.07, 6.45) is 2.16. The maximum Gasteiger partial charge on any atom is 1.00 e. The number of carbonyl (C=O) groups is 1. The van der Waals surface area contributed by atoms with Crippen molar-refractivity contribution in [3.8, 4) is 10.8 Å². The Kier molecular flexibility index (Phi) is 14.4. The number of nitrogens with zero attached hydrogens (tertiary/aromatic N) is 3. The van der Waals surface area contributed by atoms with Crippen molar-refractivity contribution < 1.29 is 56.2 Å². The van der Waals surface area contributed by atoms with E-state index in [0.29, 0.717) is 11.8 Å². The van der Waals surface area contributed by atoms with Crippen LogP contribution in [0.25, 0.3) is 0 Å². The number of carbonyl (C=O) groups excluding carboxylic acids is 1. The molecule has 0 radical (unpaired) electrons. The summed E-state index contributed by atoms with van der Waals surface area (Å²) in [5.41, 5.74) is 0. The number of thioether (sulfide) groups is 1. The normalized spacial score (nSPS) is 16.4. The molecule has 16 heavy (non-hydrogen) atoms. The van der Waals surface area contributed by atoms with Gasteiger partial charge in [0.15, 0.2) is 0 Å². The molecule has 1 fully saturated rings. The summed E-state index contributed by atoms with van der Waals surface area (Å²) in [6, 6.07) is 0.441. The molecule has 7 heteroatoms. The average Bonchev–Trinajstić information content (AvgIpc) is 2.15. The third kappa shape index (κ3) is 7.07. The number of likely N-dealkylation sites (tertiary alicyclic amines) is 1. The molecular formula is C9H12KN3OS2. The van der Waals surface area contributed by atoms with Gasteiger partial charge in [-0.15, -0.1) is 0 Å². The largest absolute Gasteiger partial charge is 1.00 e. The van der Waals surface area contributed by atoms with Gasteiger partial charge in [-0.2, -0.15) is 5.26 Å². The molecule has 0 saturated carbocycles. The van der Waals surface area contributed by atoms with Crippen LogP contribution in [0.4, 0.5) is 0 Å². The van der Waals surface area contributed by atoms with Crippen LogP contribution in [0.2, 0.25) is 0 Å². The fourth-order valence-electron chi connectivity index (χ4n) is 1.37. The summed E-state index contributed by atoms with van der Waals surface area (Å²) in [5.74, 6) is 0.423. The van der Waals surface area contributed by atoms with Crippen LogP contribution in [-0.2, 0) is 17.4 Å². The van der Waals surface area contributed by atoms with Crippen molar-refractivity contribution >= 4 is 30.3 Å². The zero-order valence-electron chi connectivity index (χ0n) is 9.47. The molecule has 4 nitrogen and oxygen atoms in total. The average molecular weight is 281 g/mol. The van der Waals surface area contributed by atoms with Gasteiger partial charge in [0.05, 0.1) is 5.75 Å². The molecule has 1 unspecified atom stereocenters. The number of amides is 1. The van der Waals surface area contributed by atoms with E-state index in [9.17, 15) is 4.79 Å². The molecule has 0 bridgehead atoms. The number of nitriles is 2. The molecule has 0 aromatic carbocycles. The molecule has 1 rings (SSSR count). The Bertz CT molecular complexity index is 285. The second-order valence-electron chi connectivity index (χ2n) is 2.91. The van der Waals surface area contributed by atoms with Gasteiger partial charge in [0.25, 0.3) is 0 Å². The molecule has 0 aromatic heterocycles. The number of hydrogen-bond donors (Lipinski definition) is 0. The van der Waals surface area contributed by atoms with Crippen molar-refractivity contribution in [3.63, 3.8) is 0 Å². The molecule has 1 atom stereocenters. The van der Waals surface area contributed by atoms with E-state index in [-0.39, 0.29) is 57.3 Å². The standard InChI is InChI=1S/C8H12N2OS.CHNS.K/c1-2-7-3-4-10(7)8(11)5-12-6-9;2-1-3;/h7H,2-5H2,1H3;3H;/q;;+1/p-1. The Morgan fingerprint density at radius 1 is 1.62 bits per heavy atom. The van der Waals surface area contributed by atoms with Crippen LogP contribution >= 0.6 is 11.8 Å². The van der Waals surface area contributed by atoms with Crippen molar-refractivity contribution in [3.05, 3.63) is 0 Å². The molecule has 1 aliphatic rings. The summed E-state index contributed by atoms with van der Waals surface area (Å²) in [7, 11) is 0. The number of thiocyanates is 2. The van der Waals surface area contributed by atoms with Gasteiger partial charge in [-0.25, -0.2) is 5.26 Å². The smallest absolute Gasteiger partial charge is 0.696 e. The van der Waals surface area contributed by atoms with E-state index < -0.39 is 0 Å². The first-order valence-corrected chi connectivity index (χ1v) is 5.92. The third-order valence-electron chi connectivity index (χ3n) is 2.20. The Morgan fingerprint density at radius 2 is 2.19 bits per heavy atom. The van der Waals surface area contributed by atoms with E-state index in [1.54, 1.807) is 0 Å². The van der Waals surface area contributed by atoms with Gasteiger partial charge in [-0.1, -0.05) is 12.3 Å². The van der Waals surface area contributed by atoms with Gasteiger partial charge in [-0.05, 0) is 24.6 Å². The van der Waals surface area contributed by atoms with Crippen molar-refractivity contribution in [1.82, 2.24) is 4.90 Å². The SMILES string of the molecule is CCC1CCN1C(=O)CSC#N.N#C[S-].[K+]. The quantitative estimate of drug-likeness (QED) is 0.348. The Hall–Kier alpha value is 0.656. The Morgan fingerprint density at radius 3 is 2.50 bits per heavy atom. The van der Waals surface area contributed by atoms with Crippen LogP contribution < -0.4 is 51.4 Å². The number of rotatable bonds is 3. The molecule has 82 valence electrons. The molecule has 1 heterocycles. The minimum absolute atomic E-state index is 0. The number of hydrogen-bond acceptors (Lipinski definition) is 5. The van der Waals surface area contributed by atoms with Crippen LogP contribution in [-0.4, -0.2) is 29.1 Å². The van der Waals surface area contributed by atoms with E-state index >= 15 is 0 Å². The predicted octanol–water partition coefficient (Wildman–Crippen LogP) is -1.77. The summed E-state index contributed by atoms with van der Waals surface area (Å²) < 4.78 is 0. The van der Waals surface area contributed by atoms with E-state index in [2.05, 4.69) is 19.6 Å². The van der Waals surface area contributed by atoms with Crippen molar-refractivity contribution in [2.75, 3.05) is 12.3 Å². The van der Waals surface area contributed by atoms with Gasteiger partial charge >= 0.3 is 51.4 Å². The second kappa shape index (κ2) is 12.1. The summed E-state index contributed by atoms with van der Waals surface area (Å²) in [4.78, 5) is 13.2. The van der Waals surface area contributed by atoms with Crippen molar-refractivity contribution in [1.29, 1.82) is 10.5 Å². The first kappa shape index (κ1) is 19.0. The second-order valence-corrected chi connectivity index (χ2v) is 3.85. The first-order chi connectivity index (χ1) is 7.21. The summed E-state index contributed by atoms with van der Waals surface area (Å²) in [5, 5.41) is 18.6. The van der Waals surface area contributed by atoms with Crippen LogP contribution in [0.5, 0.6) is 0 Å². The Balaban J connectivity index is 0. The topological polar surface area (TPSA) is 67.9 Å². The van der Waals surface area contributed by atoms with Gasteiger partial charge in [-0.3, -0.25) is 4.79 Å². The Labute approximate surface area is 149 Å². The van der Waals surface area contributed by atoms with E-state index in [1.807, 2.05) is 10.3 Å². The molecule has 1 saturated heterocycles. The monoisotopic (exact) mass is 281 g/mol. The zero-order chi connectivity index (χ0) is 11.7. The van der Waals surface area contributed by atoms with Crippen LogP contribution in [0.15, 0.2) is 0 Å². The van der Waals surface area contributed by atoms with E-state index in [0.717, 1.165) is 31.1 Å². The fourth-order valence-corrected chi connectivity index (χ4v) is 1.72. The minimum atomic E-state index is 0. The van der Waals surface area contributed by atoms with Gasteiger partial charge in [0, 0.05) is 12.6 Å². The molecule has 1 amide bonds. The maximum absolute atomic E-state index is 11.3. The molecule has 1 aliphatic heterocycles. The maximum atomic E-state index is 11.3. The summed E-state index contributed by atoms with van der Waals surface area (Å²) >= 11 is 4.72. The van der Waals surface area contributed by atoms with Crippen LogP contribution in [0.3, 0.4) is 0 Å². The van der Waals surface area contributed by atoms with E-state index in [1.165, 1.54) is 5.40 Å². The summed E-state index contributed by atoms with van der Waals surface area (Å²) in [6.45, 7) is 2.96. The van der Waals surface area contributed by atoms with Crippen LogP contribution in [0.1, 0.15) is 19.8 Å². The molecule has 0 N–H and O–H groups in total. The van der Waals surface area contributed by atoms with Gasteiger partial charge in [0.2, 0.25) is 5.91 Å². The van der Waals surface area contributed by atoms with Gasteiger partial charge in [0.1, 0.15) is 5.40 Å². The fraction of sp³-hybridized carbons (Fsp3) is 0.667. The molecular weight excluding hydrogens is 269 g/mol. The molecule has 0 aromatic rings. The third-order valence-corrected chi connectivity index (χ3v) is 2.72. The predicted molar refractivity (Wildman–Crippen MR) is 61.5 cm³/mol. The molecule has 0 aliphatic carbocycles. The minimum Gasteiger partial charge on any atom is -0.696 e. The van der Waals surface area contributed by atoms with E-state index in [4.69, 9.17) is 10.5 Å². The first-order valence-electron chi connectivity index (χ1n) is 4.52. The van der Waals surface area contributed by atoms with Crippen molar-refractivity contribution in [2.24, 2.45) is 0 Å². The van der Waals surface area contributed by atoms with Gasteiger partial charge < -0.3 is 17.5 Å². The van der Waals surface area contributed by atoms with Crippen LogP contribution in [0, 0.1) is 21.3 Å². The molecule has 0 spiro atoms. The zero-order valence-corrected chi connectivity index (χ0v) is 14.2.